The summed E-state index contributed by atoms with van der Waals surface area (Å²) in [6.07, 6.45) is -3.03. The van der Waals surface area contributed by atoms with Gasteiger partial charge >= 0.3 is 6.36 Å². The molecule has 0 radical (unpaired) electrons. The first-order valence-corrected chi connectivity index (χ1v) is 6.54. The van der Waals surface area contributed by atoms with Crippen LogP contribution in [0.2, 0.25) is 0 Å². The van der Waals surface area contributed by atoms with Crippen LogP contribution in [0.3, 0.4) is 0 Å². The van der Waals surface area contributed by atoms with Crippen LogP contribution < -0.4 is 10.1 Å². The van der Waals surface area contributed by atoms with E-state index >= 15 is 0 Å². The maximum absolute atomic E-state index is 12.0. The fraction of sp³-hybridized carbons (Fsp3) is 0.571. The molecule has 114 valence electrons. The zero-order valence-electron chi connectivity index (χ0n) is 11.6. The van der Waals surface area contributed by atoms with E-state index in [1.54, 1.807) is 0 Å². The van der Waals surface area contributed by atoms with Gasteiger partial charge in [-0.1, -0.05) is 13.8 Å². The van der Waals surface area contributed by atoms with Crippen LogP contribution in [0.15, 0.2) is 24.3 Å². The van der Waals surface area contributed by atoms with Gasteiger partial charge in [0.1, 0.15) is 5.75 Å². The number of aliphatic hydroxyl groups excluding tert-OH is 1. The number of rotatable bonds is 7. The first kappa shape index (κ1) is 16.6. The molecule has 2 N–H and O–H groups in total. The molecule has 0 aromatic heterocycles. The molecule has 0 unspecified atom stereocenters. The van der Waals surface area contributed by atoms with Crippen molar-refractivity contribution in [3.05, 3.63) is 24.3 Å². The smallest absolute Gasteiger partial charge is 0.406 e. The van der Waals surface area contributed by atoms with E-state index < -0.39 is 6.36 Å². The van der Waals surface area contributed by atoms with Crippen molar-refractivity contribution >= 4 is 5.69 Å². The monoisotopic (exact) mass is 291 g/mol. The molecule has 0 saturated heterocycles. The van der Waals surface area contributed by atoms with Crippen molar-refractivity contribution < 1.29 is 23.0 Å². The lowest BCUT2D eigenvalue weighted by Crippen LogP contribution is -2.32. The van der Waals surface area contributed by atoms with Gasteiger partial charge in [-0.3, -0.25) is 0 Å². The van der Waals surface area contributed by atoms with Crippen LogP contribution in [0, 0.1) is 5.41 Å². The van der Waals surface area contributed by atoms with Crippen molar-refractivity contribution in [2.24, 2.45) is 5.41 Å². The van der Waals surface area contributed by atoms with Gasteiger partial charge in [-0.15, -0.1) is 13.2 Å². The Morgan fingerprint density at radius 2 is 1.65 bits per heavy atom. The summed E-state index contributed by atoms with van der Waals surface area (Å²) >= 11 is 0. The molecule has 0 atom stereocenters. The molecule has 20 heavy (non-hydrogen) atoms. The average Bonchev–Trinajstić information content (AvgIpc) is 2.41. The predicted octanol–water partition coefficient (Wildman–Crippen LogP) is 3.80. The molecule has 6 heteroatoms. The van der Waals surface area contributed by atoms with Crippen LogP contribution in [-0.2, 0) is 0 Å². The van der Waals surface area contributed by atoms with E-state index in [2.05, 4.69) is 10.1 Å². The number of anilines is 1. The number of aliphatic hydroxyl groups is 1. The SMILES string of the molecule is CCC(CC)(CO)CNc1ccc(OC(F)(F)F)cc1. The standard InChI is InChI=1S/C14H20F3NO2/c1-3-13(4-2,10-19)9-18-11-5-7-12(8-6-11)20-14(15,16)17/h5-8,18-19H,3-4,9-10H2,1-2H3. The lowest BCUT2D eigenvalue weighted by molar-refractivity contribution is -0.274. The van der Waals surface area contributed by atoms with E-state index in [0.717, 1.165) is 12.8 Å². The van der Waals surface area contributed by atoms with Gasteiger partial charge in [-0.05, 0) is 37.1 Å². The predicted molar refractivity (Wildman–Crippen MR) is 71.7 cm³/mol. The van der Waals surface area contributed by atoms with Crippen LogP contribution in [0.4, 0.5) is 18.9 Å². The third-order valence-electron chi connectivity index (χ3n) is 3.59. The van der Waals surface area contributed by atoms with Crippen LogP contribution in [0.5, 0.6) is 5.75 Å². The number of nitrogens with one attached hydrogen (secondary N) is 1. The van der Waals surface area contributed by atoms with Crippen molar-refractivity contribution in [2.45, 2.75) is 33.1 Å². The van der Waals surface area contributed by atoms with Gasteiger partial charge in [0, 0.05) is 17.6 Å². The number of halogens is 3. The van der Waals surface area contributed by atoms with Crippen molar-refractivity contribution in [3.63, 3.8) is 0 Å². The molecule has 0 aliphatic heterocycles. The van der Waals surface area contributed by atoms with E-state index in [-0.39, 0.29) is 17.8 Å². The molecule has 0 amide bonds. The Bertz CT molecular complexity index is 392. The van der Waals surface area contributed by atoms with Crippen LogP contribution >= 0.6 is 0 Å². The van der Waals surface area contributed by atoms with E-state index in [1.165, 1.54) is 24.3 Å². The molecule has 0 heterocycles. The highest BCUT2D eigenvalue weighted by Gasteiger charge is 2.31. The summed E-state index contributed by atoms with van der Waals surface area (Å²) in [5.74, 6) is -0.248. The zero-order chi connectivity index (χ0) is 15.2. The second kappa shape index (κ2) is 6.83. The Kier molecular flexibility index (Phi) is 5.68. The lowest BCUT2D eigenvalue weighted by Gasteiger charge is -2.30. The normalized spacial score (nSPS) is 12.3. The highest BCUT2D eigenvalue weighted by Crippen LogP contribution is 2.27. The van der Waals surface area contributed by atoms with Gasteiger partial charge in [0.15, 0.2) is 0 Å². The average molecular weight is 291 g/mol. The summed E-state index contributed by atoms with van der Waals surface area (Å²) in [6.45, 7) is 4.64. The number of ether oxygens (including phenoxy) is 1. The zero-order valence-corrected chi connectivity index (χ0v) is 11.6. The van der Waals surface area contributed by atoms with Crippen LogP contribution in [-0.4, -0.2) is 24.6 Å². The fourth-order valence-corrected chi connectivity index (χ4v) is 1.84. The Balaban J connectivity index is 2.62. The molecule has 0 aliphatic carbocycles. The minimum absolute atomic E-state index is 0.0717. The Labute approximate surface area is 116 Å². The molecule has 0 fully saturated rings. The van der Waals surface area contributed by atoms with Crippen molar-refractivity contribution in [1.29, 1.82) is 0 Å². The molecule has 1 rings (SSSR count). The van der Waals surface area contributed by atoms with Crippen molar-refractivity contribution in [2.75, 3.05) is 18.5 Å². The van der Waals surface area contributed by atoms with Gasteiger partial charge in [-0.25, -0.2) is 0 Å². The second-order valence-corrected chi connectivity index (χ2v) is 4.79. The first-order valence-electron chi connectivity index (χ1n) is 6.54. The fourth-order valence-electron chi connectivity index (χ4n) is 1.84. The molecule has 1 aromatic rings. The quantitative estimate of drug-likeness (QED) is 0.803. The van der Waals surface area contributed by atoms with Crippen LogP contribution in [0.25, 0.3) is 0 Å². The molecule has 1 aromatic carbocycles. The number of hydrogen-bond acceptors (Lipinski definition) is 3. The summed E-state index contributed by atoms with van der Waals surface area (Å²) < 4.78 is 39.9. The minimum Gasteiger partial charge on any atom is -0.406 e. The van der Waals surface area contributed by atoms with Crippen LogP contribution in [0.1, 0.15) is 26.7 Å². The van der Waals surface area contributed by atoms with Gasteiger partial charge < -0.3 is 15.2 Å². The highest BCUT2D eigenvalue weighted by molar-refractivity contribution is 5.46. The van der Waals surface area contributed by atoms with E-state index in [1.807, 2.05) is 13.8 Å². The molecule has 0 spiro atoms. The third kappa shape index (κ3) is 4.92. The highest BCUT2D eigenvalue weighted by atomic mass is 19.4. The molecule has 0 bridgehead atoms. The van der Waals surface area contributed by atoms with Crippen molar-refractivity contribution in [1.82, 2.24) is 0 Å². The Morgan fingerprint density at radius 3 is 2.05 bits per heavy atom. The summed E-state index contributed by atoms with van der Waals surface area (Å²) in [7, 11) is 0. The van der Waals surface area contributed by atoms with Gasteiger partial charge in [0.2, 0.25) is 0 Å². The molecular formula is C14H20F3NO2. The topological polar surface area (TPSA) is 41.5 Å². The molecular weight excluding hydrogens is 271 g/mol. The third-order valence-corrected chi connectivity index (χ3v) is 3.59. The molecule has 3 nitrogen and oxygen atoms in total. The Morgan fingerprint density at radius 1 is 1.10 bits per heavy atom. The second-order valence-electron chi connectivity index (χ2n) is 4.79. The minimum atomic E-state index is -4.68. The lowest BCUT2D eigenvalue weighted by atomic mass is 9.83. The summed E-state index contributed by atoms with van der Waals surface area (Å²) in [5, 5.41) is 12.6. The number of alkyl halides is 3. The molecule has 0 aliphatic rings. The van der Waals surface area contributed by atoms with Gasteiger partial charge in [0.25, 0.3) is 0 Å². The number of hydrogen-bond donors (Lipinski definition) is 2. The summed E-state index contributed by atoms with van der Waals surface area (Å²) in [6, 6.07) is 5.56. The summed E-state index contributed by atoms with van der Waals surface area (Å²) in [4.78, 5) is 0. The van der Waals surface area contributed by atoms with E-state index in [0.29, 0.717) is 12.2 Å². The Hall–Kier alpha value is -1.43. The van der Waals surface area contributed by atoms with E-state index in [9.17, 15) is 18.3 Å². The largest absolute Gasteiger partial charge is 0.573 e. The number of benzene rings is 1. The van der Waals surface area contributed by atoms with Gasteiger partial charge in [-0.2, -0.15) is 0 Å². The maximum atomic E-state index is 12.0. The summed E-state index contributed by atoms with van der Waals surface area (Å²) in [5.41, 5.74) is 0.487. The molecule has 0 saturated carbocycles. The van der Waals surface area contributed by atoms with E-state index in [4.69, 9.17) is 0 Å². The van der Waals surface area contributed by atoms with Gasteiger partial charge in [0.05, 0.1) is 6.61 Å². The first-order chi connectivity index (χ1) is 9.34. The maximum Gasteiger partial charge on any atom is 0.573 e. The van der Waals surface area contributed by atoms with Crippen molar-refractivity contribution in [3.8, 4) is 5.75 Å².